The molecule has 1 heterocycles. The van der Waals surface area contributed by atoms with E-state index < -0.39 is 0 Å². The first-order valence-electron chi connectivity index (χ1n) is 3.36. The number of piperidine rings is 1. The lowest BCUT2D eigenvalue weighted by atomic mass is 9.95. The van der Waals surface area contributed by atoms with Gasteiger partial charge in [-0.05, 0) is 5.92 Å². The van der Waals surface area contributed by atoms with Crippen LogP contribution in [-0.2, 0) is 0 Å². The van der Waals surface area contributed by atoms with Gasteiger partial charge in [-0.15, -0.1) is 0 Å². The summed E-state index contributed by atoms with van der Waals surface area (Å²) >= 11 is 0. The molecule has 0 amide bonds. The van der Waals surface area contributed by atoms with E-state index in [-0.39, 0.29) is 12.1 Å². The molecule has 54 valence electrons. The zero-order chi connectivity index (χ0) is 6.85. The van der Waals surface area contributed by atoms with Crippen LogP contribution in [0.2, 0.25) is 0 Å². The van der Waals surface area contributed by atoms with E-state index in [0.717, 1.165) is 13.1 Å². The Bertz CT molecular complexity index is 87.1. The van der Waals surface area contributed by atoms with Crippen LogP contribution in [0.25, 0.3) is 0 Å². The normalized spacial score (nSPS) is 45.0. The lowest BCUT2D eigenvalue weighted by Gasteiger charge is -2.30. The Kier molecular flexibility index (Phi) is 2.05. The van der Waals surface area contributed by atoms with Crippen molar-refractivity contribution in [3.63, 3.8) is 0 Å². The van der Waals surface area contributed by atoms with Gasteiger partial charge in [-0.2, -0.15) is 0 Å². The molecule has 0 saturated carbocycles. The fourth-order valence-electron chi connectivity index (χ4n) is 1.14. The van der Waals surface area contributed by atoms with Crippen molar-refractivity contribution in [2.75, 3.05) is 13.1 Å². The van der Waals surface area contributed by atoms with Gasteiger partial charge in [-0.25, -0.2) is 0 Å². The molecule has 0 bridgehead atoms. The van der Waals surface area contributed by atoms with Crippen molar-refractivity contribution >= 4 is 0 Å². The summed E-state index contributed by atoms with van der Waals surface area (Å²) in [5.41, 5.74) is 5.56. The standard InChI is InChI=1S/C6H14N2O/c1-4-2-8-3-5(7)6(4)9/h4-6,8-9H,2-3,7H2,1H3. The Morgan fingerprint density at radius 2 is 2.22 bits per heavy atom. The molecular weight excluding hydrogens is 116 g/mol. The topological polar surface area (TPSA) is 58.3 Å². The average molecular weight is 130 g/mol. The second-order valence-electron chi connectivity index (χ2n) is 2.79. The third kappa shape index (κ3) is 1.41. The zero-order valence-electron chi connectivity index (χ0n) is 5.67. The predicted octanol–water partition coefficient (Wildman–Crippen LogP) is -1.09. The fourth-order valence-corrected chi connectivity index (χ4v) is 1.14. The van der Waals surface area contributed by atoms with E-state index in [1.807, 2.05) is 6.92 Å². The molecule has 1 fully saturated rings. The maximum atomic E-state index is 9.28. The molecule has 0 aromatic carbocycles. The third-order valence-corrected chi connectivity index (χ3v) is 1.87. The van der Waals surface area contributed by atoms with Gasteiger partial charge in [-0.1, -0.05) is 6.92 Å². The Morgan fingerprint density at radius 3 is 2.67 bits per heavy atom. The monoisotopic (exact) mass is 130 g/mol. The zero-order valence-corrected chi connectivity index (χ0v) is 5.67. The molecular formula is C6H14N2O. The molecule has 1 aliphatic rings. The lowest BCUT2D eigenvalue weighted by molar-refractivity contribution is 0.0694. The first-order valence-corrected chi connectivity index (χ1v) is 3.36. The van der Waals surface area contributed by atoms with E-state index in [1.165, 1.54) is 0 Å². The van der Waals surface area contributed by atoms with Gasteiger partial charge < -0.3 is 16.2 Å². The van der Waals surface area contributed by atoms with Crippen LogP contribution in [0.5, 0.6) is 0 Å². The van der Waals surface area contributed by atoms with Crippen LogP contribution in [0.3, 0.4) is 0 Å². The highest BCUT2D eigenvalue weighted by atomic mass is 16.3. The number of aliphatic hydroxyl groups excluding tert-OH is 1. The summed E-state index contributed by atoms with van der Waals surface area (Å²) in [4.78, 5) is 0. The molecule has 0 aromatic heterocycles. The fraction of sp³-hybridized carbons (Fsp3) is 1.00. The van der Waals surface area contributed by atoms with Gasteiger partial charge in [0.25, 0.3) is 0 Å². The van der Waals surface area contributed by atoms with Crippen LogP contribution in [0.4, 0.5) is 0 Å². The van der Waals surface area contributed by atoms with Crippen LogP contribution in [0.15, 0.2) is 0 Å². The van der Waals surface area contributed by atoms with E-state index in [1.54, 1.807) is 0 Å². The van der Waals surface area contributed by atoms with E-state index in [9.17, 15) is 5.11 Å². The first-order chi connectivity index (χ1) is 4.22. The molecule has 0 radical (unpaired) electrons. The number of hydrogen-bond acceptors (Lipinski definition) is 3. The predicted molar refractivity (Wildman–Crippen MR) is 36.0 cm³/mol. The highest BCUT2D eigenvalue weighted by Crippen LogP contribution is 2.08. The summed E-state index contributed by atoms with van der Waals surface area (Å²) in [7, 11) is 0. The average Bonchev–Trinajstić information content (AvgIpc) is 1.83. The molecule has 3 unspecified atom stereocenters. The van der Waals surface area contributed by atoms with Crippen molar-refractivity contribution in [2.45, 2.75) is 19.1 Å². The summed E-state index contributed by atoms with van der Waals surface area (Å²) in [6.45, 7) is 3.62. The van der Waals surface area contributed by atoms with Crippen LogP contribution < -0.4 is 11.1 Å². The van der Waals surface area contributed by atoms with Crippen molar-refractivity contribution in [3.8, 4) is 0 Å². The van der Waals surface area contributed by atoms with Crippen molar-refractivity contribution in [3.05, 3.63) is 0 Å². The molecule has 3 heteroatoms. The Morgan fingerprint density at radius 1 is 1.56 bits per heavy atom. The van der Waals surface area contributed by atoms with Crippen molar-refractivity contribution < 1.29 is 5.11 Å². The van der Waals surface area contributed by atoms with E-state index in [4.69, 9.17) is 5.73 Å². The summed E-state index contributed by atoms with van der Waals surface area (Å²) in [5.74, 6) is 0.300. The number of aliphatic hydroxyl groups is 1. The molecule has 1 saturated heterocycles. The maximum absolute atomic E-state index is 9.28. The quantitative estimate of drug-likeness (QED) is 0.390. The molecule has 1 rings (SSSR count). The van der Waals surface area contributed by atoms with Crippen LogP contribution in [-0.4, -0.2) is 30.3 Å². The van der Waals surface area contributed by atoms with Crippen molar-refractivity contribution in [1.82, 2.24) is 5.32 Å². The maximum Gasteiger partial charge on any atom is 0.0741 e. The number of hydrogen-bond donors (Lipinski definition) is 3. The Hall–Kier alpha value is -0.120. The minimum absolute atomic E-state index is 0.0752. The van der Waals surface area contributed by atoms with Gasteiger partial charge >= 0.3 is 0 Å². The van der Waals surface area contributed by atoms with Gasteiger partial charge in [0.15, 0.2) is 0 Å². The summed E-state index contributed by atoms with van der Waals surface area (Å²) in [6.07, 6.45) is -0.314. The molecule has 4 N–H and O–H groups in total. The molecule has 9 heavy (non-hydrogen) atoms. The summed E-state index contributed by atoms with van der Waals surface area (Å²) < 4.78 is 0. The van der Waals surface area contributed by atoms with Gasteiger partial charge in [0.2, 0.25) is 0 Å². The number of nitrogens with one attached hydrogen (secondary N) is 1. The third-order valence-electron chi connectivity index (χ3n) is 1.87. The van der Waals surface area contributed by atoms with Crippen LogP contribution >= 0.6 is 0 Å². The Balaban J connectivity index is 2.41. The van der Waals surface area contributed by atoms with Gasteiger partial charge in [0.05, 0.1) is 6.10 Å². The highest BCUT2D eigenvalue weighted by molar-refractivity contribution is 4.84. The highest BCUT2D eigenvalue weighted by Gasteiger charge is 2.25. The largest absolute Gasteiger partial charge is 0.391 e. The molecule has 3 nitrogen and oxygen atoms in total. The number of rotatable bonds is 0. The molecule has 3 atom stereocenters. The van der Waals surface area contributed by atoms with E-state index >= 15 is 0 Å². The molecule has 0 aromatic rings. The van der Waals surface area contributed by atoms with Gasteiger partial charge in [-0.3, -0.25) is 0 Å². The second kappa shape index (κ2) is 2.64. The number of nitrogens with two attached hydrogens (primary N) is 1. The van der Waals surface area contributed by atoms with Gasteiger partial charge in [0, 0.05) is 19.1 Å². The first kappa shape index (κ1) is 6.99. The van der Waals surface area contributed by atoms with Gasteiger partial charge in [0.1, 0.15) is 0 Å². The van der Waals surface area contributed by atoms with Crippen LogP contribution in [0, 0.1) is 5.92 Å². The smallest absolute Gasteiger partial charge is 0.0741 e. The second-order valence-corrected chi connectivity index (χ2v) is 2.79. The summed E-state index contributed by atoms with van der Waals surface area (Å²) in [6, 6.07) is -0.0752. The minimum atomic E-state index is -0.314. The summed E-state index contributed by atoms with van der Waals surface area (Å²) in [5, 5.41) is 12.4. The van der Waals surface area contributed by atoms with Crippen LogP contribution in [0.1, 0.15) is 6.92 Å². The van der Waals surface area contributed by atoms with Crippen molar-refractivity contribution in [1.29, 1.82) is 0 Å². The lowest BCUT2D eigenvalue weighted by Crippen LogP contribution is -2.53. The molecule has 0 spiro atoms. The SMILES string of the molecule is CC1CNCC(N)C1O. The van der Waals surface area contributed by atoms with E-state index in [0.29, 0.717) is 5.92 Å². The van der Waals surface area contributed by atoms with E-state index in [2.05, 4.69) is 5.32 Å². The minimum Gasteiger partial charge on any atom is -0.391 e. The Labute approximate surface area is 55.2 Å². The van der Waals surface area contributed by atoms with Crippen molar-refractivity contribution in [2.24, 2.45) is 11.7 Å². The molecule has 0 aliphatic carbocycles. The molecule has 1 aliphatic heterocycles.